The third-order valence-corrected chi connectivity index (χ3v) is 11.3. The maximum Gasteiger partial charge on any atom is 0.235 e. The van der Waals surface area contributed by atoms with Gasteiger partial charge >= 0.3 is 0 Å². The van der Waals surface area contributed by atoms with E-state index in [-0.39, 0.29) is 0 Å². The Hall–Kier alpha value is -7.30. The van der Waals surface area contributed by atoms with E-state index in [1.165, 1.54) is 70.9 Å². The van der Waals surface area contributed by atoms with Crippen LogP contribution in [0.25, 0.3) is 110 Å². The van der Waals surface area contributed by atoms with Gasteiger partial charge in [-0.2, -0.15) is 0 Å². The molecule has 3 aromatic heterocycles. The van der Waals surface area contributed by atoms with Crippen LogP contribution in [0.5, 0.6) is 0 Å². The smallest absolute Gasteiger partial charge is 0.235 e. The van der Waals surface area contributed by atoms with Gasteiger partial charge < -0.3 is 4.57 Å². The van der Waals surface area contributed by atoms with Gasteiger partial charge in [0.1, 0.15) is 0 Å². The molecule has 12 aromatic rings. The van der Waals surface area contributed by atoms with Crippen LogP contribution in [0.1, 0.15) is 0 Å². The molecule has 0 fully saturated rings. The average molecular weight is 687 g/mol. The topological polar surface area (TPSA) is 35.6 Å². The van der Waals surface area contributed by atoms with Gasteiger partial charge in [-0.05, 0) is 75.1 Å². The van der Waals surface area contributed by atoms with Crippen LogP contribution in [0.15, 0.2) is 182 Å². The highest BCUT2D eigenvalue weighted by Gasteiger charge is 2.23. The highest BCUT2D eigenvalue weighted by atomic mass is 15.2. The number of rotatable bonds is 5. The molecule has 0 spiro atoms. The summed E-state index contributed by atoms with van der Waals surface area (Å²) >= 11 is 0. The van der Waals surface area contributed by atoms with E-state index in [4.69, 9.17) is 9.97 Å². The normalized spacial score (nSPS) is 12.1. The first-order chi connectivity index (χ1) is 26.8. The largest absolute Gasteiger partial charge is 0.309 e. The van der Waals surface area contributed by atoms with E-state index in [2.05, 4.69) is 179 Å². The summed E-state index contributed by atoms with van der Waals surface area (Å²) < 4.78 is 4.68. The predicted octanol–water partition coefficient (Wildman–Crippen LogP) is 12.9. The molecule has 0 saturated carbocycles. The summed E-state index contributed by atoms with van der Waals surface area (Å²) in [5.41, 5.74) is 12.2. The second-order valence-electron chi connectivity index (χ2n) is 14.2. The van der Waals surface area contributed by atoms with Gasteiger partial charge in [0.25, 0.3) is 0 Å². The molecule has 0 amide bonds. The van der Waals surface area contributed by atoms with Gasteiger partial charge in [-0.3, -0.25) is 4.57 Å². The summed E-state index contributed by atoms with van der Waals surface area (Å²) in [6.07, 6.45) is 0. The minimum absolute atomic E-state index is 0.661. The highest BCUT2D eigenvalue weighted by Crippen LogP contribution is 2.46. The Morgan fingerprint density at radius 3 is 1.33 bits per heavy atom. The van der Waals surface area contributed by atoms with Crippen molar-refractivity contribution in [3.05, 3.63) is 182 Å². The number of hydrogen-bond donors (Lipinski definition) is 0. The van der Waals surface area contributed by atoms with Gasteiger partial charge in [0.05, 0.1) is 33.5 Å². The molecule has 0 bridgehead atoms. The zero-order chi connectivity index (χ0) is 35.3. The van der Waals surface area contributed by atoms with E-state index in [9.17, 15) is 0 Å². The molecule has 0 aliphatic rings. The minimum atomic E-state index is 0.661. The lowest BCUT2D eigenvalue weighted by Gasteiger charge is -2.14. The molecular weight excluding hydrogens is 657 g/mol. The second-order valence-corrected chi connectivity index (χ2v) is 14.2. The van der Waals surface area contributed by atoms with Crippen molar-refractivity contribution in [2.75, 3.05) is 0 Å². The zero-order valence-electron chi connectivity index (χ0n) is 29.1. The quantitative estimate of drug-likeness (QED) is 0.169. The van der Waals surface area contributed by atoms with Crippen LogP contribution in [0, 0.1) is 0 Å². The summed E-state index contributed by atoms with van der Waals surface area (Å²) in [4.78, 5) is 10.6. The first kappa shape index (κ1) is 29.3. The van der Waals surface area contributed by atoms with Crippen molar-refractivity contribution in [2.24, 2.45) is 0 Å². The molecule has 4 nitrogen and oxygen atoms in total. The molecule has 0 radical (unpaired) electrons. The van der Waals surface area contributed by atoms with Crippen molar-refractivity contribution >= 4 is 65.2 Å². The SMILES string of the molecule is c1ccc(-c2cc(-c3ccccc3)nc(-n3c4cccc5ccc6c(-c7ccc8c9c7ccc7cccc(c79)n8-c7ccccc7)ccc3c6c54)n2)cc1. The zero-order valence-corrected chi connectivity index (χ0v) is 29.1. The van der Waals surface area contributed by atoms with Gasteiger partial charge in [0.2, 0.25) is 5.95 Å². The van der Waals surface area contributed by atoms with Crippen LogP contribution in [0.4, 0.5) is 0 Å². The molecule has 4 heteroatoms. The maximum absolute atomic E-state index is 5.28. The van der Waals surface area contributed by atoms with Crippen LogP contribution in [-0.2, 0) is 0 Å². The molecule has 0 aliphatic heterocycles. The van der Waals surface area contributed by atoms with Gasteiger partial charge in [-0.1, -0.05) is 140 Å². The third-order valence-electron chi connectivity index (χ3n) is 11.3. The summed E-state index contributed by atoms with van der Waals surface area (Å²) in [6, 6.07) is 65.3. The molecule has 0 unspecified atom stereocenters. The first-order valence-corrected chi connectivity index (χ1v) is 18.4. The van der Waals surface area contributed by atoms with Crippen LogP contribution < -0.4 is 0 Å². The fourth-order valence-corrected chi connectivity index (χ4v) is 8.96. The Morgan fingerprint density at radius 1 is 0.333 bits per heavy atom. The van der Waals surface area contributed by atoms with Crippen LogP contribution in [0.2, 0.25) is 0 Å². The molecule has 9 aromatic carbocycles. The van der Waals surface area contributed by atoms with E-state index < -0.39 is 0 Å². The monoisotopic (exact) mass is 686 g/mol. The summed E-state index contributed by atoms with van der Waals surface area (Å²) in [7, 11) is 0. The van der Waals surface area contributed by atoms with Crippen molar-refractivity contribution in [3.8, 4) is 45.3 Å². The number of aromatic nitrogens is 4. The van der Waals surface area contributed by atoms with Gasteiger partial charge in [0.15, 0.2) is 0 Å². The van der Waals surface area contributed by atoms with Crippen molar-refractivity contribution in [1.29, 1.82) is 0 Å². The lowest BCUT2D eigenvalue weighted by Crippen LogP contribution is -2.04. The molecular formula is C50H30N4. The van der Waals surface area contributed by atoms with E-state index in [1.54, 1.807) is 0 Å². The molecule has 12 rings (SSSR count). The summed E-state index contributed by atoms with van der Waals surface area (Å²) in [5, 5.41) is 10.0. The van der Waals surface area contributed by atoms with Crippen molar-refractivity contribution in [3.63, 3.8) is 0 Å². The van der Waals surface area contributed by atoms with Gasteiger partial charge in [0, 0.05) is 38.4 Å². The number of hydrogen-bond acceptors (Lipinski definition) is 2. The van der Waals surface area contributed by atoms with Gasteiger partial charge in [-0.15, -0.1) is 0 Å². The number of nitrogens with zero attached hydrogens (tertiary/aromatic N) is 4. The van der Waals surface area contributed by atoms with Gasteiger partial charge in [-0.25, -0.2) is 9.97 Å². The molecule has 54 heavy (non-hydrogen) atoms. The summed E-state index contributed by atoms with van der Waals surface area (Å²) in [5.74, 6) is 0.661. The maximum atomic E-state index is 5.28. The molecule has 0 aliphatic carbocycles. The molecule has 0 N–H and O–H groups in total. The Kier molecular flexibility index (Phi) is 6.02. The molecule has 250 valence electrons. The predicted molar refractivity (Wildman–Crippen MR) is 224 cm³/mol. The average Bonchev–Trinajstić information content (AvgIpc) is 3.77. The van der Waals surface area contributed by atoms with E-state index in [0.29, 0.717) is 5.95 Å². The van der Waals surface area contributed by atoms with E-state index >= 15 is 0 Å². The van der Waals surface area contributed by atoms with Crippen LogP contribution in [-0.4, -0.2) is 19.1 Å². The summed E-state index contributed by atoms with van der Waals surface area (Å²) in [6.45, 7) is 0. The Bertz CT molecular complexity index is 3300. The first-order valence-electron chi connectivity index (χ1n) is 18.4. The third kappa shape index (κ3) is 4.08. The lowest BCUT2D eigenvalue weighted by atomic mass is 9.90. The Morgan fingerprint density at radius 2 is 0.796 bits per heavy atom. The molecule has 0 atom stereocenters. The highest BCUT2D eigenvalue weighted by molar-refractivity contribution is 6.30. The van der Waals surface area contributed by atoms with Crippen molar-refractivity contribution in [1.82, 2.24) is 19.1 Å². The second kappa shape index (κ2) is 11.1. The van der Waals surface area contributed by atoms with Crippen molar-refractivity contribution in [2.45, 2.75) is 0 Å². The van der Waals surface area contributed by atoms with Crippen molar-refractivity contribution < 1.29 is 0 Å². The fourth-order valence-electron chi connectivity index (χ4n) is 8.96. The van der Waals surface area contributed by atoms with Crippen LogP contribution in [0.3, 0.4) is 0 Å². The molecule has 3 heterocycles. The lowest BCUT2D eigenvalue weighted by molar-refractivity contribution is 0.996. The fraction of sp³-hybridized carbons (Fsp3) is 0. The number of para-hydroxylation sites is 1. The standard InChI is InChI=1S/C50H30N4/c1-4-12-31(13-5-1)40-30-41(32-14-6-2-7-15-32)52-50(51-40)54-43-21-11-17-34-23-25-39-37(27-29-45(54)49(39)47(34)43)36-26-28-44-48-38(36)24-22-33-16-10-20-42(46(33)48)53(44)35-18-8-3-9-19-35/h1-30H. The van der Waals surface area contributed by atoms with Crippen LogP contribution >= 0.6 is 0 Å². The van der Waals surface area contributed by atoms with E-state index in [0.717, 1.165) is 33.5 Å². The van der Waals surface area contributed by atoms with E-state index in [1.807, 2.05) is 12.1 Å². The minimum Gasteiger partial charge on any atom is -0.309 e. The Labute approximate surface area is 310 Å². The Balaban J connectivity index is 1.14. The number of benzene rings is 9. The molecule has 0 saturated heterocycles.